The van der Waals surface area contributed by atoms with Gasteiger partial charge < -0.3 is 10.1 Å². The van der Waals surface area contributed by atoms with Gasteiger partial charge >= 0.3 is 5.97 Å². The minimum absolute atomic E-state index is 0.388. The summed E-state index contributed by atoms with van der Waals surface area (Å²) in [6, 6.07) is 0. The van der Waals surface area contributed by atoms with Crippen LogP contribution in [-0.4, -0.2) is 29.6 Å². The van der Waals surface area contributed by atoms with Crippen LogP contribution in [0.25, 0.3) is 0 Å². The number of nitrogens with zero attached hydrogens (tertiary/aromatic N) is 2. The van der Waals surface area contributed by atoms with Gasteiger partial charge in [-0.3, -0.25) is 0 Å². The SMILES string of the molecule is COC(=O)c1nc(NCCc2csc(C)n2)sc1C. The molecule has 7 heteroatoms. The summed E-state index contributed by atoms with van der Waals surface area (Å²) in [5, 5.41) is 7.08. The lowest BCUT2D eigenvalue weighted by atomic mass is 10.3. The molecule has 19 heavy (non-hydrogen) atoms. The Balaban J connectivity index is 1.91. The van der Waals surface area contributed by atoms with Gasteiger partial charge in [-0.15, -0.1) is 22.7 Å². The third-order valence-electron chi connectivity index (χ3n) is 2.50. The van der Waals surface area contributed by atoms with Crippen molar-refractivity contribution in [1.82, 2.24) is 9.97 Å². The van der Waals surface area contributed by atoms with E-state index in [0.29, 0.717) is 5.69 Å². The standard InChI is InChI=1S/C12H15N3O2S2/c1-7-10(11(16)17-3)15-12(19-7)13-5-4-9-6-18-8(2)14-9/h6H,4-5H2,1-3H3,(H,13,15). The molecule has 0 aromatic carbocycles. The Labute approximate surface area is 119 Å². The van der Waals surface area contributed by atoms with Crippen molar-refractivity contribution in [3.8, 4) is 0 Å². The van der Waals surface area contributed by atoms with Gasteiger partial charge in [-0.1, -0.05) is 0 Å². The largest absolute Gasteiger partial charge is 0.464 e. The summed E-state index contributed by atoms with van der Waals surface area (Å²) in [5.41, 5.74) is 1.47. The van der Waals surface area contributed by atoms with E-state index in [1.54, 1.807) is 11.3 Å². The first kappa shape index (κ1) is 14.0. The number of nitrogens with one attached hydrogen (secondary N) is 1. The summed E-state index contributed by atoms with van der Waals surface area (Å²) in [6.45, 7) is 4.60. The first-order valence-corrected chi connectivity index (χ1v) is 7.50. The van der Waals surface area contributed by atoms with Gasteiger partial charge in [0.1, 0.15) is 0 Å². The zero-order valence-electron chi connectivity index (χ0n) is 11.0. The number of ether oxygens (including phenoxy) is 1. The predicted molar refractivity (Wildman–Crippen MR) is 77.2 cm³/mol. The van der Waals surface area contributed by atoms with Gasteiger partial charge in [-0.05, 0) is 13.8 Å². The quantitative estimate of drug-likeness (QED) is 0.860. The second kappa shape index (κ2) is 6.12. The smallest absolute Gasteiger partial charge is 0.357 e. The van der Waals surface area contributed by atoms with Crippen molar-refractivity contribution in [2.45, 2.75) is 20.3 Å². The molecule has 0 amide bonds. The summed E-state index contributed by atoms with van der Waals surface area (Å²) in [6.07, 6.45) is 0.844. The lowest BCUT2D eigenvalue weighted by Gasteiger charge is -1.99. The molecule has 0 atom stereocenters. The Morgan fingerprint density at radius 1 is 1.42 bits per heavy atom. The number of aromatic nitrogens is 2. The highest BCUT2D eigenvalue weighted by Gasteiger charge is 2.15. The van der Waals surface area contributed by atoms with Crippen LogP contribution in [0, 0.1) is 13.8 Å². The molecule has 0 fully saturated rings. The van der Waals surface area contributed by atoms with Gasteiger partial charge in [0.15, 0.2) is 10.8 Å². The lowest BCUT2D eigenvalue weighted by molar-refractivity contribution is 0.0594. The Bertz CT molecular complexity index is 577. The van der Waals surface area contributed by atoms with Gasteiger partial charge in [0.2, 0.25) is 0 Å². The topological polar surface area (TPSA) is 64.1 Å². The molecule has 0 aliphatic rings. The third kappa shape index (κ3) is 3.51. The van der Waals surface area contributed by atoms with Crippen molar-refractivity contribution < 1.29 is 9.53 Å². The number of carbonyl (C=O) groups is 1. The summed E-state index contributed by atoms with van der Waals surface area (Å²) in [5.74, 6) is -0.392. The van der Waals surface area contributed by atoms with Crippen molar-refractivity contribution in [2.75, 3.05) is 19.0 Å². The Morgan fingerprint density at radius 3 is 2.84 bits per heavy atom. The van der Waals surface area contributed by atoms with Crippen LogP contribution in [0.4, 0.5) is 5.13 Å². The molecule has 1 N–H and O–H groups in total. The molecule has 2 aromatic heterocycles. The first-order chi connectivity index (χ1) is 9.10. The van der Waals surface area contributed by atoms with Crippen LogP contribution in [0.15, 0.2) is 5.38 Å². The van der Waals surface area contributed by atoms with E-state index < -0.39 is 5.97 Å². The third-order valence-corrected chi connectivity index (χ3v) is 4.25. The fourth-order valence-electron chi connectivity index (χ4n) is 1.58. The van der Waals surface area contributed by atoms with Crippen molar-refractivity contribution >= 4 is 33.8 Å². The fourth-order valence-corrected chi connectivity index (χ4v) is 3.05. The second-order valence-corrected chi connectivity index (χ2v) is 6.22. The molecule has 0 aliphatic carbocycles. The second-order valence-electron chi connectivity index (χ2n) is 3.95. The monoisotopic (exact) mass is 297 g/mol. The van der Waals surface area contributed by atoms with Crippen LogP contribution in [0.3, 0.4) is 0 Å². The molecular formula is C12H15N3O2S2. The lowest BCUT2D eigenvalue weighted by Crippen LogP contribution is -2.06. The Kier molecular flexibility index (Phi) is 4.49. The summed E-state index contributed by atoms with van der Waals surface area (Å²) in [4.78, 5) is 20.9. The number of thiazole rings is 2. The maximum atomic E-state index is 11.4. The molecule has 0 radical (unpaired) electrons. The van der Waals surface area contributed by atoms with Gasteiger partial charge in [-0.25, -0.2) is 14.8 Å². The minimum atomic E-state index is -0.392. The van der Waals surface area contributed by atoms with E-state index in [1.165, 1.54) is 18.4 Å². The molecule has 2 aromatic rings. The van der Waals surface area contributed by atoms with E-state index in [-0.39, 0.29) is 0 Å². The Morgan fingerprint density at radius 2 is 2.21 bits per heavy atom. The highest BCUT2D eigenvalue weighted by molar-refractivity contribution is 7.15. The zero-order chi connectivity index (χ0) is 13.8. The maximum absolute atomic E-state index is 11.4. The number of methoxy groups -OCH3 is 1. The van der Waals surface area contributed by atoms with Crippen LogP contribution in [0.5, 0.6) is 0 Å². The van der Waals surface area contributed by atoms with E-state index in [9.17, 15) is 4.79 Å². The molecular weight excluding hydrogens is 282 g/mol. The normalized spacial score (nSPS) is 10.5. The number of rotatable bonds is 5. The van der Waals surface area contributed by atoms with Gasteiger partial charge in [0, 0.05) is 23.2 Å². The van der Waals surface area contributed by atoms with Crippen LogP contribution in [-0.2, 0) is 11.2 Å². The Hall–Kier alpha value is -1.47. The number of esters is 1. The summed E-state index contributed by atoms with van der Waals surface area (Å²) in [7, 11) is 1.36. The molecule has 2 heterocycles. The van der Waals surface area contributed by atoms with Crippen molar-refractivity contribution in [3.63, 3.8) is 0 Å². The zero-order valence-corrected chi connectivity index (χ0v) is 12.7. The predicted octanol–water partition coefficient (Wildman–Crippen LogP) is 2.66. The highest BCUT2D eigenvalue weighted by Crippen LogP contribution is 2.22. The number of aryl methyl sites for hydroxylation is 2. The molecule has 5 nitrogen and oxygen atoms in total. The fraction of sp³-hybridized carbons (Fsp3) is 0.417. The van der Waals surface area contributed by atoms with Gasteiger partial charge in [0.25, 0.3) is 0 Å². The van der Waals surface area contributed by atoms with E-state index in [1.807, 2.05) is 13.8 Å². The van der Waals surface area contributed by atoms with Crippen LogP contribution in [0.2, 0.25) is 0 Å². The van der Waals surface area contributed by atoms with E-state index in [4.69, 9.17) is 0 Å². The van der Waals surface area contributed by atoms with Crippen molar-refractivity contribution in [3.05, 3.63) is 26.7 Å². The molecule has 0 unspecified atom stereocenters. The number of carbonyl (C=O) groups excluding carboxylic acids is 1. The number of anilines is 1. The first-order valence-electron chi connectivity index (χ1n) is 5.80. The van der Waals surface area contributed by atoms with Crippen molar-refractivity contribution in [2.24, 2.45) is 0 Å². The average Bonchev–Trinajstić information content (AvgIpc) is 2.95. The molecule has 0 bridgehead atoms. The van der Waals surface area contributed by atoms with Crippen LogP contribution < -0.4 is 5.32 Å². The molecule has 102 valence electrons. The van der Waals surface area contributed by atoms with Crippen LogP contribution in [0.1, 0.15) is 26.1 Å². The van der Waals surface area contributed by atoms with E-state index in [0.717, 1.165) is 33.7 Å². The summed E-state index contributed by atoms with van der Waals surface area (Å²) >= 11 is 3.11. The number of hydrogen-bond acceptors (Lipinski definition) is 7. The van der Waals surface area contributed by atoms with E-state index in [2.05, 4.69) is 25.4 Å². The minimum Gasteiger partial charge on any atom is -0.464 e. The maximum Gasteiger partial charge on any atom is 0.357 e. The average molecular weight is 297 g/mol. The number of hydrogen-bond donors (Lipinski definition) is 1. The van der Waals surface area contributed by atoms with Gasteiger partial charge in [0.05, 0.1) is 17.8 Å². The van der Waals surface area contributed by atoms with Crippen molar-refractivity contribution in [1.29, 1.82) is 0 Å². The highest BCUT2D eigenvalue weighted by atomic mass is 32.1. The van der Waals surface area contributed by atoms with E-state index >= 15 is 0 Å². The molecule has 0 saturated heterocycles. The molecule has 0 spiro atoms. The molecule has 0 aliphatic heterocycles. The van der Waals surface area contributed by atoms with Gasteiger partial charge in [-0.2, -0.15) is 0 Å². The van der Waals surface area contributed by atoms with Crippen LogP contribution >= 0.6 is 22.7 Å². The molecule has 2 rings (SSSR count). The summed E-state index contributed by atoms with van der Waals surface area (Å²) < 4.78 is 4.68. The molecule has 0 saturated carbocycles.